The SMILES string of the molecule is Cc1ccc(-n2c(SCc3ccccc3Cl)nnc2-c2ccccc2Cl)cc1. The van der Waals surface area contributed by atoms with Crippen LogP contribution in [0.5, 0.6) is 0 Å². The summed E-state index contributed by atoms with van der Waals surface area (Å²) in [4.78, 5) is 0. The largest absolute Gasteiger partial charge is 0.270 e. The van der Waals surface area contributed by atoms with Gasteiger partial charge in [0.1, 0.15) is 0 Å². The zero-order chi connectivity index (χ0) is 19.5. The molecule has 0 bridgehead atoms. The lowest BCUT2D eigenvalue weighted by atomic mass is 10.2. The number of halogens is 2. The van der Waals surface area contributed by atoms with Crippen molar-refractivity contribution in [2.24, 2.45) is 0 Å². The van der Waals surface area contributed by atoms with Crippen LogP contribution in [-0.4, -0.2) is 14.8 Å². The second-order valence-electron chi connectivity index (χ2n) is 6.34. The van der Waals surface area contributed by atoms with Gasteiger partial charge in [-0.05, 0) is 42.8 Å². The maximum atomic E-state index is 6.44. The van der Waals surface area contributed by atoms with Crippen LogP contribution in [-0.2, 0) is 5.75 Å². The quantitative estimate of drug-likeness (QED) is 0.327. The number of nitrogens with zero attached hydrogens (tertiary/aromatic N) is 3. The van der Waals surface area contributed by atoms with Crippen molar-refractivity contribution in [3.8, 4) is 17.1 Å². The molecule has 0 aliphatic rings. The van der Waals surface area contributed by atoms with E-state index in [0.717, 1.165) is 32.8 Å². The Morgan fingerprint density at radius 2 is 1.50 bits per heavy atom. The van der Waals surface area contributed by atoms with Gasteiger partial charge in [-0.25, -0.2) is 0 Å². The summed E-state index contributed by atoms with van der Waals surface area (Å²) in [6.45, 7) is 2.07. The fraction of sp³-hybridized carbons (Fsp3) is 0.0909. The zero-order valence-corrected chi connectivity index (χ0v) is 17.5. The molecule has 0 saturated carbocycles. The Bertz CT molecular complexity index is 1110. The molecule has 0 fully saturated rings. The van der Waals surface area contributed by atoms with Gasteiger partial charge in [0.15, 0.2) is 11.0 Å². The third-order valence-electron chi connectivity index (χ3n) is 4.35. The molecule has 0 unspecified atom stereocenters. The average molecular weight is 426 g/mol. The minimum Gasteiger partial charge on any atom is -0.270 e. The van der Waals surface area contributed by atoms with Gasteiger partial charge in [0.2, 0.25) is 0 Å². The fourth-order valence-electron chi connectivity index (χ4n) is 2.86. The standard InChI is InChI=1S/C22H17Cl2N3S/c1-15-10-12-17(13-11-15)27-21(18-7-3-5-9-20(18)24)25-26-22(27)28-14-16-6-2-4-8-19(16)23/h2-13H,14H2,1H3. The highest BCUT2D eigenvalue weighted by Crippen LogP contribution is 2.33. The van der Waals surface area contributed by atoms with Crippen molar-refractivity contribution in [3.05, 3.63) is 94.0 Å². The fourth-order valence-corrected chi connectivity index (χ4v) is 4.32. The Morgan fingerprint density at radius 1 is 0.821 bits per heavy atom. The summed E-state index contributed by atoms with van der Waals surface area (Å²) in [6.07, 6.45) is 0. The molecule has 3 nitrogen and oxygen atoms in total. The molecule has 0 aliphatic carbocycles. The molecular formula is C22H17Cl2N3S. The normalized spacial score (nSPS) is 11.0. The Kier molecular flexibility index (Phi) is 5.72. The van der Waals surface area contributed by atoms with Crippen molar-refractivity contribution in [2.75, 3.05) is 0 Å². The Morgan fingerprint density at radius 3 is 2.21 bits per heavy atom. The highest BCUT2D eigenvalue weighted by Gasteiger charge is 2.18. The Labute approximate surface area is 178 Å². The van der Waals surface area contributed by atoms with Crippen LogP contribution < -0.4 is 0 Å². The van der Waals surface area contributed by atoms with Crippen LogP contribution >= 0.6 is 35.0 Å². The van der Waals surface area contributed by atoms with Gasteiger partial charge >= 0.3 is 0 Å². The van der Waals surface area contributed by atoms with E-state index >= 15 is 0 Å². The first-order chi connectivity index (χ1) is 13.6. The van der Waals surface area contributed by atoms with Crippen molar-refractivity contribution in [1.29, 1.82) is 0 Å². The van der Waals surface area contributed by atoms with E-state index in [1.165, 1.54) is 5.56 Å². The van der Waals surface area contributed by atoms with E-state index in [4.69, 9.17) is 23.2 Å². The molecule has 0 atom stereocenters. The predicted molar refractivity (Wildman–Crippen MR) is 118 cm³/mol. The minimum atomic E-state index is 0.644. The molecule has 28 heavy (non-hydrogen) atoms. The van der Waals surface area contributed by atoms with Crippen LogP contribution in [0.4, 0.5) is 0 Å². The van der Waals surface area contributed by atoms with Gasteiger partial charge in [-0.3, -0.25) is 4.57 Å². The van der Waals surface area contributed by atoms with Crippen molar-refractivity contribution >= 4 is 35.0 Å². The van der Waals surface area contributed by atoms with Crippen LogP contribution in [0.1, 0.15) is 11.1 Å². The molecule has 140 valence electrons. The molecule has 4 rings (SSSR count). The van der Waals surface area contributed by atoms with Crippen LogP contribution in [0, 0.1) is 6.92 Å². The molecule has 4 aromatic rings. The molecule has 0 N–H and O–H groups in total. The van der Waals surface area contributed by atoms with Gasteiger partial charge in [-0.2, -0.15) is 0 Å². The van der Waals surface area contributed by atoms with E-state index in [0.29, 0.717) is 10.8 Å². The van der Waals surface area contributed by atoms with Crippen molar-refractivity contribution in [3.63, 3.8) is 0 Å². The average Bonchev–Trinajstić information content (AvgIpc) is 3.12. The van der Waals surface area contributed by atoms with E-state index in [9.17, 15) is 0 Å². The topological polar surface area (TPSA) is 30.7 Å². The van der Waals surface area contributed by atoms with Gasteiger partial charge in [0.05, 0.1) is 5.02 Å². The van der Waals surface area contributed by atoms with Crippen LogP contribution in [0.25, 0.3) is 17.1 Å². The molecule has 3 aromatic carbocycles. The predicted octanol–water partition coefficient (Wildman–Crippen LogP) is 6.84. The molecular weight excluding hydrogens is 409 g/mol. The van der Waals surface area contributed by atoms with Gasteiger partial charge in [0, 0.05) is 22.0 Å². The maximum Gasteiger partial charge on any atom is 0.196 e. The summed E-state index contributed by atoms with van der Waals surface area (Å²) in [5.74, 6) is 1.42. The minimum absolute atomic E-state index is 0.644. The second-order valence-corrected chi connectivity index (χ2v) is 8.09. The summed E-state index contributed by atoms with van der Waals surface area (Å²) >= 11 is 14.4. The van der Waals surface area contributed by atoms with E-state index in [1.54, 1.807) is 11.8 Å². The van der Waals surface area contributed by atoms with Crippen LogP contribution in [0.15, 0.2) is 78.0 Å². The molecule has 0 aliphatic heterocycles. The lowest BCUT2D eigenvalue weighted by Gasteiger charge is -2.12. The number of thioether (sulfide) groups is 1. The van der Waals surface area contributed by atoms with E-state index in [1.807, 2.05) is 53.1 Å². The summed E-state index contributed by atoms with van der Waals surface area (Å²) in [5.41, 5.74) is 4.10. The number of aryl methyl sites for hydroxylation is 1. The molecule has 1 heterocycles. The summed E-state index contributed by atoms with van der Waals surface area (Å²) in [5, 5.41) is 11.1. The van der Waals surface area contributed by atoms with Crippen LogP contribution in [0.2, 0.25) is 10.0 Å². The van der Waals surface area contributed by atoms with Gasteiger partial charge in [0.25, 0.3) is 0 Å². The molecule has 0 amide bonds. The van der Waals surface area contributed by atoms with Crippen molar-refractivity contribution < 1.29 is 0 Å². The van der Waals surface area contributed by atoms with Crippen LogP contribution in [0.3, 0.4) is 0 Å². The van der Waals surface area contributed by atoms with E-state index in [2.05, 4.69) is 41.4 Å². The highest BCUT2D eigenvalue weighted by atomic mass is 35.5. The summed E-state index contributed by atoms with van der Waals surface area (Å²) in [6, 6.07) is 23.8. The lowest BCUT2D eigenvalue weighted by molar-refractivity contribution is 0.885. The third-order valence-corrected chi connectivity index (χ3v) is 6.03. The van der Waals surface area contributed by atoms with E-state index < -0.39 is 0 Å². The molecule has 6 heteroatoms. The molecule has 1 aromatic heterocycles. The molecule has 0 saturated heterocycles. The maximum absolute atomic E-state index is 6.44. The monoisotopic (exact) mass is 425 g/mol. The number of hydrogen-bond acceptors (Lipinski definition) is 3. The zero-order valence-electron chi connectivity index (χ0n) is 15.1. The first-order valence-electron chi connectivity index (χ1n) is 8.77. The van der Waals surface area contributed by atoms with Crippen molar-refractivity contribution in [2.45, 2.75) is 17.8 Å². The number of aromatic nitrogens is 3. The molecule has 0 spiro atoms. The van der Waals surface area contributed by atoms with E-state index in [-0.39, 0.29) is 0 Å². The smallest absolute Gasteiger partial charge is 0.196 e. The lowest BCUT2D eigenvalue weighted by Crippen LogP contribution is -2.00. The Balaban J connectivity index is 1.77. The second kappa shape index (κ2) is 8.39. The number of hydrogen-bond donors (Lipinski definition) is 0. The number of benzene rings is 3. The first-order valence-corrected chi connectivity index (χ1v) is 10.5. The van der Waals surface area contributed by atoms with Crippen molar-refractivity contribution in [1.82, 2.24) is 14.8 Å². The van der Waals surface area contributed by atoms with Gasteiger partial charge < -0.3 is 0 Å². The summed E-state index contributed by atoms with van der Waals surface area (Å²) in [7, 11) is 0. The third kappa shape index (κ3) is 3.95. The van der Waals surface area contributed by atoms with Gasteiger partial charge in [-0.1, -0.05) is 83.0 Å². The first kappa shape index (κ1) is 19.1. The Hall–Kier alpha value is -2.27. The highest BCUT2D eigenvalue weighted by molar-refractivity contribution is 7.98. The molecule has 0 radical (unpaired) electrons. The van der Waals surface area contributed by atoms with Gasteiger partial charge in [-0.15, -0.1) is 10.2 Å². The summed E-state index contributed by atoms with van der Waals surface area (Å²) < 4.78 is 2.04. The number of rotatable bonds is 5.